The average molecular weight is 567 g/mol. The maximum Gasteiger partial charge on any atom is 0.268 e. The molecule has 0 atom stereocenters. The van der Waals surface area contributed by atoms with Crippen LogP contribution in [0.4, 0.5) is 11.4 Å². The second-order valence-electron chi connectivity index (χ2n) is 8.43. The summed E-state index contributed by atoms with van der Waals surface area (Å²) < 4.78 is 39.3. The van der Waals surface area contributed by atoms with Gasteiger partial charge in [0.2, 0.25) is 12.7 Å². The molecule has 0 saturated heterocycles. The summed E-state index contributed by atoms with van der Waals surface area (Å²) >= 11 is 7.36. The number of rotatable bonds is 6. The molecule has 0 aliphatic carbocycles. The van der Waals surface area contributed by atoms with Crippen LogP contribution in [0.3, 0.4) is 0 Å². The summed E-state index contributed by atoms with van der Waals surface area (Å²) in [6.07, 6.45) is 1.30. The van der Waals surface area contributed by atoms with Crippen LogP contribution < -0.4 is 19.1 Å². The number of sulfonamides is 1. The average Bonchev–Trinajstić information content (AvgIpc) is 3.38. The van der Waals surface area contributed by atoms with E-state index in [0.29, 0.717) is 33.5 Å². The van der Waals surface area contributed by atoms with Gasteiger partial charge in [0.1, 0.15) is 4.90 Å². The Labute approximate surface area is 227 Å². The van der Waals surface area contributed by atoms with Gasteiger partial charge in [-0.1, -0.05) is 53.7 Å². The molecule has 192 valence electrons. The molecule has 12 heteroatoms. The lowest BCUT2D eigenvalue weighted by Gasteiger charge is -2.31. The Morgan fingerprint density at radius 3 is 2.71 bits per heavy atom. The van der Waals surface area contributed by atoms with Gasteiger partial charge < -0.3 is 14.8 Å². The van der Waals surface area contributed by atoms with Crippen molar-refractivity contribution < 1.29 is 22.7 Å². The number of thioether (sulfide) groups is 1. The fourth-order valence-corrected chi connectivity index (χ4v) is 6.52. The first-order valence-corrected chi connectivity index (χ1v) is 14.2. The first kappa shape index (κ1) is 24.5. The zero-order valence-corrected chi connectivity index (χ0v) is 22.0. The van der Waals surface area contributed by atoms with Gasteiger partial charge in [0.05, 0.1) is 29.9 Å². The van der Waals surface area contributed by atoms with Gasteiger partial charge in [0.25, 0.3) is 10.0 Å². The van der Waals surface area contributed by atoms with Crippen LogP contribution in [0.1, 0.15) is 5.56 Å². The predicted octanol–water partition coefficient (Wildman–Crippen LogP) is 4.97. The molecule has 0 radical (unpaired) electrons. The fraction of sp³-hybridized carbons (Fsp3) is 0.115. The van der Waals surface area contributed by atoms with Crippen LogP contribution in [0, 0.1) is 0 Å². The molecule has 4 aromatic rings. The van der Waals surface area contributed by atoms with Crippen LogP contribution in [0.2, 0.25) is 5.02 Å². The van der Waals surface area contributed by atoms with Crippen LogP contribution in [0.25, 0.3) is 11.3 Å². The first-order valence-electron chi connectivity index (χ1n) is 11.4. The van der Waals surface area contributed by atoms with E-state index >= 15 is 0 Å². The number of nitrogens with one attached hydrogen (secondary N) is 1. The fourth-order valence-electron chi connectivity index (χ4n) is 4.19. The molecule has 3 heterocycles. The second-order valence-corrected chi connectivity index (χ2v) is 11.6. The molecule has 1 N–H and O–H groups in total. The van der Waals surface area contributed by atoms with Crippen molar-refractivity contribution in [2.24, 2.45) is 0 Å². The maximum absolute atomic E-state index is 13.7. The third-order valence-corrected chi connectivity index (χ3v) is 8.80. The minimum absolute atomic E-state index is 0.00239. The number of fused-ring (bicyclic) bond motifs is 4. The number of hydrogen-bond acceptors (Lipinski definition) is 8. The number of carbonyl (C=O) groups excluding carboxylic acids is 1. The lowest BCUT2D eigenvalue weighted by molar-refractivity contribution is -0.113. The molecule has 38 heavy (non-hydrogen) atoms. The molecule has 0 unspecified atom stereocenters. The molecular weight excluding hydrogens is 548 g/mol. The monoisotopic (exact) mass is 566 g/mol. The van der Waals surface area contributed by atoms with Crippen LogP contribution >= 0.6 is 23.4 Å². The lowest BCUT2D eigenvalue weighted by Crippen LogP contribution is -2.34. The highest BCUT2D eigenvalue weighted by Gasteiger charge is 2.37. The Morgan fingerprint density at radius 2 is 1.87 bits per heavy atom. The first-order chi connectivity index (χ1) is 18.4. The number of anilines is 2. The summed E-state index contributed by atoms with van der Waals surface area (Å²) in [5, 5.41) is 3.48. The number of aromatic nitrogens is 2. The SMILES string of the molecule is O=C(CSc1ncc2c(n1)-c1ccc(Cl)cc1N(Cc1ccccc1)S2(=O)=O)Nc1ccc2c(c1)OCO2. The van der Waals surface area contributed by atoms with E-state index in [1.165, 1.54) is 10.5 Å². The Balaban J connectivity index is 1.25. The summed E-state index contributed by atoms with van der Waals surface area (Å²) in [7, 11) is -3.97. The van der Waals surface area contributed by atoms with Gasteiger partial charge in [-0.15, -0.1) is 0 Å². The lowest BCUT2D eigenvalue weighted by atomic mass is 10.1. The molecule has 3 aromatic carbocycles. The van der Waals surface area contributed by atoms with E-state index in [1.807, 2.05) is 30.3 Å². The van der Waals surface area contributed by atoms with Gasteiger partial charge in [0.15, 0.2) is 16.7 Å². The smallest absolute Gasteiger partial charge is 0.268 e. The van der Waals surface area contributed by atoms with Gasteiger partial charge in [-0.3, -0.25) is 9.10 Å². The summed E-state index contributed by atoms with van der Waals surface area (Å²) in [6.45, 7) is 0.278. The molecular formula is C26H19ClN4O5S2. The standard InChI is InChI=1S/C26H19ClN4O5S2/c27-17-6-8-19-20(10-17)31(13-16-4-2-1-3-5-16)38(33,34)23-12-28-26(30-25(19)23)37-14-24(32)29-18-7-9-21-22(11-18)36-15-35-21/h1-12H,13-15H2,(H,29,32). The summed E-state index contributed by atoms with van der Waals surface area (Å²) in [6, 6.07) is 19.5. The van der Waals surface area contributed by atoms with Crippen molar-refractivity contribution in [1.29, 1.82) is 0 Å². The zero-order chi connectivity index (χ0) is 26.3. The van der Waals surface area contributed by atoms with E-state index in [1.54, 1.807) is 36.4 Å². The second kappa shape index (κ2) is 9.82. The van der Waals surface area contributed by atoms with Gasteiger partial charge in [-0.25, -0.2) is 18.4 Å². The van der Waals surface area contributed by atoms with Crippen molar-refractivity contribution in [3.05, 3.63) is 83.5 Å². The minimum Gasteiger partial charge on any atom is -0.454 e. The summed E-state index contributed by atoms with van der Waals surface area (Å²) in [5.74, 6) is 0.936. The van der Waals surface area contributed by atoms with Gasteiger partial charge in [-0.05, 0) is 35.9 Å². The normalized spacial score (nSPS) is 14.5. The van der Waals surface area contributed by atoms with Crippen molar-refractivity contribution in [2.45, 2.75) is 16.6 Å². The summed E-state index contributed by atoms with van der Waals surface area (Å²) in [4.78, 5) is 21.3. The highest BCUT2D eigenvalue weighted by atomic mass is 35.5. The van der Waals surface area contributed by atoms with E-state index in [0.717, 1.165) is 17.3 Å². The molecule has 1 aromatic heterocycles. The van der Waals surface area contributed by atoms with Crippen molar-refractivity contribution >= 4 is 50.7 Å². The minimum atomic E-state index is -3.97. The largest absolute Gasteiger partial charge is 0.454 e. The van der Waals surface area contributed by atoms with Crippen LogP contribution in [-0.4, -0.2) is 36.8 Å². The van der Waals surface area contributed by atoms with Crippen molar-refractivity contribution in [3.8, 4) is 22.8 Å². The van der Waals surface area contributed by atoms with E-state index in [2.05, 4.69) is 15.3 Å². The molecule has 0 saturated carbocycles. The molecule has 0 fully saturated rings. The third-order valence-electron chi connectivity index (χ3n) is 5.94. The van der Waals surface area contributed by atoms with Crippen LogP contribution in [-0.2, 0) is 21.4 Å². The number of carbonyl (C=O) groups is 1. The molecule has 0 bridgehead atoms. The molecule has 0 spiro atoms. The molecule has 2 aliphatic rings. The number of amides is 1. The highest BCUT2D eigenvalue weighted by molar-refractivity contribution is 7.99. The van der Waals surface area contributed by atoms with Gasteiger partial charge in [0, 0.05) is 22.3 Å². The zero-order valence-electron chi connectivity index (χ0n) is 19.6. The van der Waals surface area contributed by atoms with Crippen molar-refractivity contribution in [3.63, 3.8) is 0 Å². The third kappa shape index (κ3) is 4.64. The van der Waals surface area contributed by atoms with E-state index in [-0.39, 0.29) is 40.7 Å². The highest BCUT2D eigenvalue weighted by Crippen LogP contribution is 2.44. The Morgan fingerprint density at radius 1 is 1.05 bits per heavy atom. The molecule has 9 nitrogen and oxygen atoms in total. The van der Waals surface area contributed by atoms with Crippen molar-refractivity contribution in [1.82, 2.24) is 9.97 Å². The Bertz CT molecular complexity index is 1670. The van der Waals surface area contributed by atoms with Crippen LogP contribution in [0.5, 0.6) is 11.5 Å². The number of hydrogen-bond donors (Lipinski definition) is 1. The number of benzene rings is 3. The number of halogens is 1. The number of ether oxygens (including phenoxy) is 2. The topological polar surface area (TPSA) is 111 Å². The van der Waals surface area contributed by atoms with Gasteiger partial charge >= 0.3 is 0 Å². The number of nitrogens with zero attached hydrogens (tertiary/aromatic N) is 3. The van der Waals surface area contributed by atoms with Crippen LogP contribution in [0.15, 0.2) is 83.0 Å². The van der Waals surface area contributed by atoms with E-state index < -0.39 is 10.0 Å². The maximum atomic E-state index is 13.7. The van der Waals surface area contributed by atoms with Gasteiger partial charge in [-0.2, -0.15) is 0 Å². The predicted molar refractivity (Wildman–Crippen MR) is 144 cm³/mol. The van der Waals surface area contributed by atoms with Crippen molar-refractivity contribution in [2.75, 3.05) is 22.2 Å². The van der Waals surface area contributed by atoms with E-state index in [9.17, 15) is 13.2 Å². The van der Waals surface area contributed by atoms with E-state index in [4.69, 9.17) is 21.1 Å². The molecule has 1 amide bonds. The molecule has 6 rings (SSSR count). The Hall–Kier alpha value is -3.80. The Kier molecular flexibility index (Phi) is 6.34. The molecule has 2 aliphatic heterocycles. The summed E-state index contributed by atoms with van der Waals surface area (Å²) in [5.41, 5.74) is 2.72. The quantitative estimate of drug-likeness (QED) is 0.257.